The van der Waals surface area contributed by atoms with E-state index in [9.17, 15) is 27.9 Å². The fourth-order valence-corrected chi connectivity index (χ4v) is 5.05. The van der Waals surface area contributed by atoms with E-state index < -0.39 is 53.1 Å². The van der Waals surface area contributed by atoms with Crippen molar-refractivity contribution >= 4 is 29.2 Å². The van der Waals surface area contributed by atoms with Gasteiger partial charge < -0.3 is 20.9 Å². The molecule has 3 aromatic rings. The van der Waals surface area contributed by atoms with Crippen molar-refractivity contribution in [3.05, 3.63) is 76.2 Å². The predicted molar refractivity (Wildman–Crippen MR) is 132 cm³/mol. The summed E-state index contributed by atoms with van der Waals surface area (Å²) in [6, 6.07) is 5.66. The number of anilines is 1. The van der Waals surface area contributed by atoms with Crippen molar-refractivity contribution in [3.8, 4) is 0 Å². The number of nitrogens with zero attached hydrogens (tertiary/aromatic N) is 4. The van der Waals surface area contributed by atoms with Gasteiger partial charge in [-0.25, -0.2) is 13.2 Å². The Morgan fingerprint density at radius 1 is 1.23 bits per heavy atom. The highest BCUT2D eigenvalue weighted by Crippen LogP contribution is 2.34. The largest absolute Gasteiger partial charge is 0.372 e. The minimum atomic E-state index is -2.35. The number of halogens is 4. The van der Waals surface area contributed by atoms with E-state index in [1.807, 2.05) is 0 Å². The standard InChI is InChI=1S/C25H24ClF3N6O4/c26-14-5-13(6-16(28)7-14)10-31-23(36)25(38)3-4-34(24(25)37)21-11-32-35(33-21)17-9-20(30)22(39-12-17)18-8-15(27)1-2-19(18)29/h1-2,5-8,11,17,20,22,38H,3-4,9-10,12,30H2,(H,31,36)/t17-,20+,22-,25+/m1/s1. The van der Waals surface area contributed by atoms with Gasteiger partial charge in [0, 0.05) is 36.1 Å². The van der Waals surface area contributed by atoms with Crippen LogP contribution in [0.3, 0.4) is 0 Å². The van der Waals surface area contributed by atoms with Crippen molar-refractivity contribution in [1.29, 1.82) is 0 Å². The molecule has 4 N–H and O–H groups in total. The van der Waals surface area contributed by atoms with Gasteiger partial charge in [-0.1, -0.05) is 11.6 Å². The Morgan fingerprint density at radius 2 is 2.03 bits per heavy atom. The van der Waals surface area contributed by atoms with Crippen molar-refractivity contribution in [2.24, 2.45) is 5.73 Å². The zero-order chi connectivity index (χ0) is 27.9. The molecule has 1 aromatic heterocycles. The molecule has 0 unspecified atom stereocenters. The number of ether oxygens (including phenoxy) is 1. The topological polar surface area (TPSA) is 136 Å². The monoisotopic (exact) mass is 564 g/mol. The molecule has 3 heterocycles. The summed E-state index contributed by atoms with van der Waals surface area (Å²) < 4.78 is 47.1. The number of carbonyl (C=O) groups is 2. The lowest BCUT2D eigenvalue weighted by molar-refractivity contribution is -0.149. The molecule has 0 bridgehead atoms. The second-order valence-electron chi connectivity index (χ2n) is 9.52. The Balaban J connectivity index is 1.23. The van der Waals surface area contributed by atoms with E-state index in [1.165, 1.54) is 23.1 Å². The number of hydrogen-bond donors (Lipinski definition) is 3. The van der Waals surface area contributed by atoms with Crippen molar-refractivity contribution in [2.75, 3.05) is 18.1 Å². The van der Waals surface area contributed by atoms with Crippen LogP contribution in [0.4, 0.5) is 19.0 Å². The van der Waals surface area contributed by atoms with E-state index in [-0.39, 0.29) is 48.9 Å². The Bertz CT molecular complexity index is 1400. The molecule has 2 aliphatic rings. The lowest BCUT2D eigenvalue weighted by Gasteiger charge is -2.34. The first-order valence-corrected chi connectivity index (χ1v) is 12.4. The van der Waals surface area contributed by atoms with Gasteiger partial charge >= 0.3 is 0 Å². The third kappa shape index (κ3) is 5.35. The second-order valence-corrected chi connectivity index (χ2v) is 9.96. The summed E-state index contributed by atoms with van der Waals surface area (Å²) in [4.78, 5) is 28.2. The van der Waals surface area contributed by atoms with Crippen LogP contribution in [0.15, 0.2) is 42.6 Å². The lowest BCUT2D eigenvalue weighted by Crippen LogP contribution is -2.52. The number of aromatic nitrogens is 3. The van der Waals surface area contributed by atoms with Gasteiger partial charge in [-0.2, -0.15) is 9.90 Å². The normalized spacial score (nSPS) is 25.2. The zero-order valence-corrected chi connectivity index (χ0v) is 21.1. The van der Waals surface area contributed by atoms with Gasteiger partial charge in [0.05, 0.1) is 18.8 Å². The molecule has 0 spiro atoms. The average molecular weight is 565 g/mol. The summed E-state index contributed by atoms with van der Waals surface area (Å²) in [6.07, 6.45) is 0.524. The number of hydrogen-bond acceptors (Lipinski definition) is 7. The summed E-state index contributed by atoms with van der Waals surface area (Å²) in [5.41, 5.74) is 4.25. The van der Waals surface area contributed by atoms with Crippen LogP contribution in [0.1, 0.15) is 36.1 Å². The van der Waals surface area contributed by atoms with E-state index >= 15 is 0 Å². The van der Waals surface area contributed by atoms with Crippen LogP contribution in [-0.2, 0) is 20.9 Å². The summed E-state index contributed by atoms with van der Waals surface area (Å²) >= 11 is 5.82. The van der Waals surface area contributed by atoms with Gasteiger partial charge in [0.15, 0.2) is 5.82 Å². The zero-order valence-electron chi connectivity index (χ0n) is 20.4. The number of benzene rings is 2. The number of carbonyl (C=O) groups excluding carboxylic acids is 2. The molecule has 2 aliphatic heterocycles. The maximum absolute atomic E-state index is 14.2. The van der Waals surface area contributed by atoms with E-state index in [4.69, 9.17) is 22.1 Å². The van der Waals surface area contributed by atoms with Crippen LogP contribution < -0.4 is 16.0 Å². The molecule has 2 amide bonds. The second kappa shape index (κ2) is 10.6. The van der Waals surface area contributed by atoms with Crippen LogP contribution in [0.5, 0.6) is 0 Å². The third-order valence-corrected chi connectivity index (χ3v) is 7.03. The SMILES string of the molecule is N[C@H]1C[C@@H](n2ncc(N3CC[C@](O)(C(=O)NCc4cc(F)cc(Cl)c4)C3=O)n2)CO[C@@H]1c1cc(F)ccc1F. The Morgan fingerprint density at radius 3 is 2.77 bits per heavy atom. The predicted octanol–water partition coefficient (Wildman–Crippen LogP) is 2.16. The molecule has 2 fully saturated rings. The van der Waals surface area contributed by atoms with E-state index in [2.05, 4.69) is 15.5 Å². The number of nitrogens with one attached hydrogen (secondary N) is 1. The molecule has 2 saturated heterocycles. The number of nitrogens with two attached hydrogens (primary N) is 1. The highest BCUT2D eigenvalue weighted by atomic mass is 35.5. The summed E-state index contributed by atoms with van der Waals surface area (Å²) in [5, 5.41) is 21.9. The molecule has 39 heavy (non-hydrogen) atoms. The molecule has 0 aliphatic carbocycles. The van der Waals surface area contributed by atoms with Crippen LogP contribution in [-0.4, -0.2) is 56.7 Å². The highest BCUT2D eigenvalue weighted by Gasteiger charge is 2.52. The van der Waals surface area contributed by atoms with E-state index in [0.29, 0.717) is 5.56 Å². The molecule has 4 atom stereocenters. The van der Waals surface area contributed by atoms with Crippen LogP contribution in [0.2, 0.25) is 5.02 Å². The molecule has 5 rings (SSSR count). The number of aliphatic hydroxyl groups is 1. The summed E-state index contributed by atoms with van der Waals surface area (Å²) in [6.45, 7) is -0.105. The average Bonchev–Trinajstić information content (AvgIpc) is 3.49. The van der Waals surface area contributed by atoms with Gasteiger partial charge in [-0.05, 0) is 48.4 Å². The first kappa shape index (κ1) is 27.1. The van der Waals surface area contributed by atoms with Crippen molar-refractivity contribution in [2.45, 2.75) is 43.2 Å². The fraction of sp³-hybridized carbons (Fsp3) is 0.360. The van der Waals surface area contributed by atoms with Crippen LogP contribution >= 0.6 is 11.6 Å². The molecular weight excluding hydrogens is 541 g/mol. The van der Waals surface area contributed by atoms with E-state index in [1.54, 1.807) is 0 Å². The van der Waals surface area contributed by atoms with E-state index in [0.717, 1.165) is 29.2 Å². The fourth-order valence-electron chi connectivity index (χ4n) is 4.80. The quantitative estimate of drug-likeness (QED) is 0.390. The first-order valence-electron chi connectivity index (χ1n) is 12.1. The Hall–Kier alpha value is -3.52. The van der Waals surface area contributed by atoms with Crippen LogP contribution in [0.25, 0.3) is 0 Å². The summed E-state index contributed by atoms with van der Waals surface area (Å²) in [5.74, 6) is -3.54. The Labute approximate surface area is 225 Å². The lowest BCUT2D eigenvalue weighted by atomic mass is 9.94. The minimum Gasteiger partial charge on any atom is -0.372 e. The van der Waals surface area contributed by atoms with Crippen molar-refractivity contribution < 1.29 is 32.6 Å². The summed E-state index contributed by atoms with van der Waals surface area (Å²) in [7, 11) is 0. The smallest absolute Gasteiger partial charge is 0.270 e. The molecule has 0 saturated carbocycles. The molecule has 206 valence electrons. The van der Waals surface area contributed by atoms with Gasteiger partial charge in [0.2, 0.25) is 5.60 Å². The maximum atomic E-state index is 14.2. The van der Waals surface area contributed by atoms with Crippen molar-refractivity contribution in [3.63, 3.8) is 0 Å². The number of amides is 2. The van der Waals surface area contributed by atoms with Gasteiger partial charge in [0.1, 0.15) is 23.6 Å². The molecular formula is C25H24ClF3N6O4. The maximum Gasteiger partial charge on any atom is 0.270 e. The van der Waals surface area contributed by atoms with Gasteiger partial charge in [0.25, 0.3) is 11.8 Å². The highest BCUT2D eigenvalue weighted by molar-refractivity contribution is 6.30. The van der Waals surface area contributed by atoms with Crippen LogP contribution in [0, 0.1) is 17.5 Å². The molecule has 14 heteroatoms. The minimum absolute atomic E-state index is 0.00512. The number of rotatable bonds is 6. The van der Waals surface area contributed by atoms with Gasteiger partial charge in [-0.15, -0.1) is 5.10 Å². The molecule has 10 nitrogen and oxygen atoms in total. The first-order chi connectivity index (χ1) is 18.5. The third-order valence-electron chi connectivity index (χ3n) is 6.81. The Kier molecular flexibility index (Phi) is 7.33. The molecule has 0 radical (unpaired) electrons. The van der Waals surface area contributed by atoms with Gasteiger partial charge in [-0.3, -0.25) is 14.5 Å². The molecule has 2 aromatic carbocycles. The van der Waals surface area contributed by atoms with Crippen molar-refractivity contribution in [1.82, 2.24) is 20.3 Å².